The molecular weight excluding hydrogens is 148 g/mol. The largest absolute Gasteiger partial charge is 0.254 e. The van der Waals surface area contributed by atoms with Gasteiger partial charge in [-0.2, -0.15) is 0 Å². The molecule has 0 amide bonds. The third kappa shape index (κ3) is 1.68. The molecule has 1 heterocycles. The molecule has 2 nitrogen and oxygen atoms in total. The van der Waals surface area contributed by atoms with Crippen molar-refractivity contribution in [2.45, 2.75) is 34.1 Å². The van der Waals surface area contributed by atoms with Gasteiger partial charge >= 0.3 is 0 Å². The van der Waals surface area contributed by atoms with Crippen LogP contribution in [0.25, 0.3) is 0 Å². The first-order valence-corrected chi connectivity index (χ1v) is 4.56. The van der Waals surface area contributed by atoms with E-state index in [1.807, 2.05) is 0 Å². The van der Waals surface area contributed by atoms with E-state index in [1.54, 1.807) is 0 Å². The molecular formula is C10H19N2+. The summed E-state index contributed by atoms with van der Waals surface area (Å²) >= 11 is 0. The molecule has 0 aromatic carbocycles. The summed E-state index contributed by atoms with van der Waals surface area (Å²) in [5.41, 5.74) is 2.62. The molecule has 0 bridgehead atoms. The van der Waals surface area contributed by atoms with Gasteiger partial charge in [-0.1, -0.05) is 13.8 Å². The van der Waals surface area contributed by atoms with Crippen molar-refractivity contribution >= 4 is 0 Å². The lowest BCUT2D eigenvalue weighted by Crippen LogP contribution is -2.34. The summed E-state index contributed by atoms with van der Waals surface area (Å²) in [5, 5.41) is 0. The molecule has 0 aliphatic carbocycles. The summed E-state index contributed by atoms with van der Waals surface area (Å²) in [6.07, 6.45) is 1.13. The average molecular weight is 167 g/mol. The van der Waals surface area contributed by atoms with Gasteiger partial charge in [-0.3, -0.25) is 0 Å². The fourth-order valence-corrected chi connectivity index (χ4v) is 1.42. The minimum absolute atomic E-state index is 0.716. The maximum atomic E-state index is 3.41. The van der Waals surface area contributed by atoms with Crippen LogP contribution < -0.4 is 4.57 Å². The molecule has 0 aliphatic rings. The van der Waals surface area contributed by atoms with Crippen molar-refractivity contribution in [3.63, 3.8) is 0 Å². The van der Waals surface area contributed by atoms with E-state index in [-0.39, 0.29) is 0 Å². The number of imidazole rings is 1. The van der Waals surface area contributed by atoms with Gasteiger partial charge in [0.15, 0.2) is 0 Å². The van der Waals surface area contributed by atoms with Crippen LogP contribution in [0.2, 0.25) is 0 Å². The van der Waals surface area contributed by atoms with Crippen molar-refractivity contribution in [3.05, 3.63) is 17.2 Å². The van der Waals surface area contributed by atoms with Crippen molar-refractivity contribution in [2.24, 2.45) is 13.0 Å². The average Bonchev–Trinajstić information content (AvgIpc) is 2.17. The predicted molar refractivity (Wildman–Crippen MR) is 50.0 cm³/mol. The summed E-state index contributed by atoms with van der Waals surface area (Å²) < 4.78 is 2.25. The van der Waals surface area contributed by atoms with Crippen LogP contribution in [0.4, 0.5) is 0 Å². The maximum Gasteiger partial charge on any atom is 0.254 e. The van der Waals surface area contributed by atoms with Gasteiger partial charge in [0.1, 0.15) is 11.4 Å². The molecule has 0 saturated heterocycles. The molecule has 1 rings (SSSR count). The second-order valence-electron chi connectivity index (χ2n) is 3.94. The first-order valence-electron chi connectivity index (χ1n) is 4.56. The third-order valence-electron chi connectivity index (χ3n) is 2.38. The Hall–Kier alpha value is -0.790. The molecule has 0 radical (unpaired) electrons. The van der Waals surface area contributed by atoms with Gasteiger partial charge in [-0.15, -0.1) is 0 Å². The van der Waals surface area contributed by atoms with Gasteiger partial charge in [0, 0.05) is 13.8 Å². The van der Waals surface area contributed by atoms with E-state index in [1.165, 1.54) is 17.2 Å². The molecule has 0 atom stereocenters. The van der Waals surface area contributed by atoms with Gasteiger partial charge in [-0.25, -0.2) is 9.55 Å². The fraction of sp³-hybridized carbons (Fsp3) is 0.700. The van der Waals surface area contributed by atoms with Crippen molar-refractivity contribution in [3.8, 4) is 0 Å². The van der Waals surface area contributed by atoms with Crippen LogP contribution in [-0.2, 0) is 13.5 Å². The molecule has 1 aromatic rings. The zero-order valence-corrected chi connectivity index (χ0v) is 8.73. The Morgan fingerprint density at radius 1 is 1.33 bits per heavy atom. The summed E-state index contributed by atoms with van der Waals surface area (Å²) in [6.45, 7) is 8.76. The Kier molecular flexibility index (Phi) is 2.55. The zero-order chi connectivity index (χ0) is 9.30. The molecule has 68 valence electrons. The van der Waals surface area contributed by atoms with E-state index in [2.05, 4.69) is 44.3 Å². The summed E-state index contributed by atoms with van der Waals surface area (Å²) in [4.78, 5) is 3.41. The van der Waals surface area contributed by atoms with Crippen molar-refractivity contribution in [1.29, 1.82) is 0 Å². The minimum atomic E-state index is 0.716. The van der Waals surface area contributed by atoms with E-state index >= 15 is 0 Å². The van der Waals surface area contributed by atoms with E-state index < -0.39 is 0 Å². The SMILES string of the molecule is Cc1[nH]c(CC(C)C)[n+](C)c1C. The van der Waals surface area contributed by atoms with Crippen LogP contribution in [-0.4, -0.2) is 4.98 Å². The Morgan fingerprint density at radius 3 is 2.25 bits per heavy atom. The molecule has 0 unspecified atom stereocenters. The Bertz CT molecular complexity index is 272. The molecule has 0 spiro atoms. The highest BCUT2D eigenvalue weighted by Gasteiger charge is 2.15. The van der Waals surface area contributed by atoms with Crippen LogP contribution in [0.1, 0.15) is 31.1 Å². The lowest BCUT2D eigenvalue weighted by Gasteiger charge is -1.98. The highest BCUT2D eigenvalue weighted by molar-refractivity contribution is 5.03. The van der Waals surface area contributed by atoms with Crippen molar-refractivity contribution < 1.29 is 4.57 Å². The number of nitrogens with zero attached hydrogens (tertiary/aromatic N) is 1. The van der Waals surface area contributed by atoms with Crippen molar-refractivity contribution in [2.75, 3.05) is 0 Å². The number of hydrogen-bond acceptors (Lipinski definition) is 0. The second-order valence-corrected chi connectivity index (χ2v) is 3.94. The van der Waals surface area contributed by atoms with Crippen LogP contribution in [0, 0.1) is 19.8 Å². The molecule has 0 saturated carbocycles. The third-order valence-corrected chi connectivity index (χ3v) is 2.38. The van der Waals surface area contributed by atoms with Crippen molar-refractivity contribution in [1.82, 2.24) is 4.98 Å². The lowest BCUT2D eigenvalue weighted by atomic mass is 10.1. The number of H-pyrrole nitrogens is 1. The van der Waals surface area contributed by atoms with Crippen LogP contribution >= 0.6 is 0 Å². The van der Waals surface area contributed by atoms with E-state index in [0.29, 0.717) is 5.92 Å². The monoisotopic (exact) mass is 167 g/mol. The quantitative estimate of drug-likeness (QED) is 0.646. The van der Waals surface area contributed by atoms with Crippen LogP contribution in [0.15, 0.2) is 0 Å². The lowest BCUT2D eigenvalue weighted by molar-refractivity contribution is -0.684. The van der Waals surface area contributed by atoms with Crippen LogP contribution in [0.3, 0.4) is 0 Å². The van der Waals surface area contributed by atoms with Gasteiger partial charge in [-0.05, 0) is 5.92 Å². The molecule has 0 fully saturated rings. The summed E-state index contributed by atoms with van der Waals surface area (Å²) in [6, 6.07) is 0. The molecule has 0 aliphatic heterocycles. The maximum absolute atomic E-state index is 3.41. The normalized spacial score (nSPS) is 11.2. The summed E-state index contributed by atoms with van der Waals surface area (Å²) in [7, 11) is 2.12. The van der Waals surface area contributed by atoms with Gasteiger partial charge < -0.3 is 0 Å². The number of hydrogen-bond donors (Lipinski definition) is 1. The Labute approximate surface area is 74.6 Å². The number of aromatic amines is 1. The zero-order valence-electron chi connectivity index (χ0n) is 8.73. The molecule has 1 N–H and O–H groups in total. The van der Waals surface area contributed by atoms with E-state index in [9.17, 15) is 0 Å². The topological polar surface area (TPSA) is 19.7 Å². The highest BCUT2D eigenvalue weighted by Crippen LogP contribution is 2.05. The fourth-order valence-electron chi connectivity index (χ4n) is 1.42. The number of rotatable bonds is 2. The molecule has 2 heteroatoms. The molecule has 12 heavy (non-hydrogen) atoms. The van der Waals surface area contributed by atoms with E-state index in [0.717, 1.165) is 6.42 Å². The first kappa shape index (κ1) is 9.30. The Balaban J connectivity index is 2.93. The number of aryl methyl sites for hydroxylation is 1. The van der Waals surface area contributed by atoms with Gasteiger partial charge in [0.05, 0.1) is 13.5 Å². The summed E-state index contributed by atoms with van der Waals surface area (Å²) in [5.74, 6) is 2.05. The number of aromatic nitrogens is 2. The highest BCUT2D eigenvalue weighted by atomic mass is 15.1. The first-order chi connectivity index (χ1) is 5.52. The number of nitrogens with one attached hydrogen (secondary N) is 1. The van der Waals surface area contributed by atoms with Crippen LogP contribution in [0.5, 0.6) is 0 Å². The molecule has 1 aromatic heterocycles. The second kappa shape index (κ2) is 3.30. The standard InChI is InChI=1S/C10H18N2/c1-7(2)6-10-11-8(3)9(4)12(10)5/h7H,6H2,1-5H3/p+1. The predicted octanol–water partition coefficient (Wildman–Crippen LogP) is 1.65. The smallest absolute Gasteiger partial charge is 0.245 e. The Morgan fingerprint density at radius 2 is 1.92 bits per heavy atom. The van der Waals surface area contributed by atoms with Gasteiger partial charge in [0.2, 0.25) is 0 Å². The minimum Gasteiger partial charge on any atom is -0.245 e. The van der Waals surface area contributed by atoms with E-state index in [4.69, 9.17) is 0 Å². The van der Waals surface area contributed by atoms with Gasteiger partial charge in [0.25, 0.3) is 5.82 Å².